The fourth-order valence-electron chi connectivity index (χ4n) is 19.5. The molecular formula is C114H114F6N12O6. The number of nitrogens with two attached hydrogens (primary N) is 3. The minimum Gasteiger partial charge on any atom is -0.361 e. The van der Waals surface area contributed by atoms with Crippen LogP contribution in [0.4, 0.5) is 60.5 Å². The van der Waals surface area contributed by atoms with Gasteiger partial charge in [0.2, 0.25) is 0 Å². The second-order valence-corrected chi connectivity index (χ2v) is 35.9. The highest BCUT2D eigenvalue weighted by atomic mass is 19.1. The minimum atomic E-state index is -0.594. The van der Waals surface area contributed by atoms with E-state index in [1.807, 2.05) is 127 Å². The van der Waals surface area contributed by atoms with Crippen LogP contribution in [0.15, 0.2) is 255 Å². The van der Waals surface area contributed by atoms with E-state index in [4.69, 9.17) is 85.1 Å². The summed E-state index contributed by atoms with van der Waals surface area (Å²) in [5, 5.41) is 0. The average Bonchev–Trinajstić information content (AvgIpc) is 1.62. The van der Waals surface area contributed by atoms with E-state index in [0.29, 0.717) is 93.4 Å². The van der Waals surface area contributed by atoms with Gasteiger partial charge in [-0.3, -0.25) is 0 Å². The lowest BCUT2D eigenvalue weighted by Gasteiger charge is -2.31. The van der Waals surface area contributed by atoms with E-state index in [0.717, 1.165) is 197 Å². The average molecular weight is 1860 g/mol. The maximum Gasteiger partial charge on any atom is 0.187 e. The van der Waals surface area contributed by atoms with Gasteiger partial charge in [-0.15, -0.1) is 0 Å². The Morgan fingerprint density at radius 2 is 0.377 bits per heavy atom. The molecule has 6 heterocycles. The van der Waals surface area contributed by atoms with Gasteiger partial charge in [0.15, 0.2) is 34.1 Å². The van der Waals surface area contributed by atoms with Crippen molar-refractivity contribution < 1.29 is 54.8 Å². The van der Waals surface area contributed by atoms with Gasteiger partial charge < -0.3 is 60.3 Å². The highest BCUT2D eigenvalue weighted by Gasteiger charge is 2.48. The third-order valence-electron chi connectivity index (χ3n) is 26.2. The van der Waals surface area contributed by atoms with E-state index in [1.165, 1.54) is 72.8 Å². The monoisotopic (exact) mass is 1860 g/mol. The van der Waals surface area contributed by atoms with Crippen molar-refractivity contribution in [2.75, 3.05) is 81.6 Å². The van der Waals surface area contributed by atoms with Gasteiger partial charge in [-0.25, -0.2) is 55.4 Å². The number of benzene rings is 12. The summed E-state index contributed by atoms with van der Waals surface area (Å²) in [4.78, 5) is 27.4. The standard InChI is InChI=1S/3C20H21FN2O.3C18H17FN2O/c3*1-22-18-9-10-19-15(13-18)14-24-20(19,11-4-12-23(2)3)16-5-7-17(21)8-6-16;3*1-21-16-7-8-17-13(11-16)12-22-18(17,9-2-10-20)14-3-5-15(19)6-4-14/h3*5-10,13H,4,11-12,14H2,2-3H3;3*3-8,11H,2,9-10,12,20H2/t2*20-;;2*18-;/m10.10./s1. The first kappa shape index (κ1) is 102. The maximum absolute atomic E-state index is 13.4. The first-order valence-electron chi connectivity index (χ1n) is 46.2. The van der Waals surface area contributed by atoms with Gasteiger partial charge in [-0.2, -0.15) is 0 Å². The molecule has 138 heavy (non-hydrogen) atoms. The van der Waals surface area contributed by atoms with Crippen LogP contribution in [0.2, 0.25) is 0 Å². The Morgan fingerprint density at radius 1 is 0.232 bits per heavy atom. The van der Waals surface area contributed by atoms with Gasteiger partial charge in [-0.1, -0.05) is 182 Å². The topological polar surface area (TPSA) is 169 Å². The molecule has 12 aromatic rings. The Kier molecular flexibility index (Phi) is 34.5. The maximum atomic E-state index is 13.4. The van der Waals surface area contributed by atoms with E-state index < -0.39 is 33.6 Å². The van der Waals surface area contributed by atoms with Gasteiger partial charge in [0.1, 0.15) is 68.5 Å². The lowest BCUT2D eigenvalue weighted by atomic mass is 9.82. The fraction of sp³-hybridized carbons (Fsp3) is 0.316. The van der Waals surface area contributed by atoms with E-state index in [1.54, 1.807) is 54.6 Å². The molecule has 6 aliphatic rings. The van der Waals surface area contributed by atoms with Crippen molar-refractivity contribution in [3.05, 3.63) is 458 Å². The Hall–Kier alpha value is -13.3. The van der Waals surface area contributed by atoms with Crippen LogP contribution in [-0.4, -0.2) is 96.3 Å². The van der Waals surface area contributed by atoms with Crippen molar-refractivity contribution >= 4 is 34.1 Å². The lowest BCUT2D eigenvalue weighted by Crippen LogP contribution is -2.28. The third kappa shape index (κ3) is 23.1. The molecule has 0 saturated heterocycles. The summed E-state index contributed by atoms with van der Waals surface area (Å²) in [7, 11) is 12.3. The molecule has 0 radical (unpaired) electrons. The molecule has 0 spiro atoms. The molecule has 0 fully saturated rings. The van der Waals surface area contributed by atoms with Crippen molar-refractivity contribution in [1.82, 2.24) is 14.7 Å². The second kappa shape index (κ2) is 46.7. The highest BCUT2D eigenvalue weighted by molar-refractivity contribution is 5.61. The summed E-state index contributed by atoms with van der Waals surface area (Å²) < 4.78 is 117. The summed E-state index contributed by atoms with van der Waals surface area (Å²) in [5.74, 6) is -1.53. The Bertz CT molecular complexity index is 5850. The van der Waals surface area contributed by atoms with Crippen molar-refractivity contribution in [3.63, 3.8) is 0 Å². The van der Waals surface area contributed by atoms with Crippen molar-refractivity contribution in [1.29, 1.82) is 0 Å². The van der Waals surface area contributed by atoms with Crippen LogP contribution in [0.1, 0.15) is 177 Å². The van der Waals surface area contributed by atoms with E-state index >= 15 is 0 Å². The predicted octanol–water partition coefficient (Wildman–Crippen LogP) is 25.1. The summed E-state index contributed by atoms with van der Waals surface area (Å²) in [6, 6.07) is 73.2. The highest BCUT2D eigenvalue weighted by Crippen LogP contribution is 2.53. The smallest absolute Gasteiger partial charge is 0.187 e. The molecule has 18 nitrogen and oxygen atoms in total. The largest absolute Gasteiger partial charge is 0.361 e. The van der Waals surface area contributed by atoms with Gasteiger partial charge in [0.25, 0.3) is 0 Å². The Labute approximate surface area is 806 Å². The molecule has 0 bridgehead atoms. The molecule has 708 valence electrons. The molecule has 24 heteroatoms. The van der Waals surface area contributed by atoms with E-state index in [9.17, 15) is 26.3 Å². The van der Waals surface area contributed by atoms with Gasteiger partial charge in [-0.05, 0) is 332 Å². The van der Waals surface area contributed by atoms with Crippen LogP contribution in [-0.2, 0) is 102 Å². The lowest BCUT2D eigenvalue weighted by molar-refractivity contribution is -0.0141. The first-order chi connectivity index (χ1) is 66.7. The number of ether oxygens (including phenoxy) is 6. The quantitative estimate of drug-likeness (QED) is 0.0330. The van der Waals surface area contributed by atoms with Crippen LogP contribution in [0.25, 0.3) is 29.1 Å². The molecule has 0 aliphatic carbocycles. The number of fused-ring (bicyclic) bond motifs is 6. The molecule has 12 aromatic carbocycles. The zero-order chi connectivity index (χ0) is 98.2. The molecule has 0 amide bonds. The number of hydrogen-bond donors (Lipinski definition) is 3. The van der Waals surface area contributed by atoms with Crippen LogP contribution in [0, 0.1) is 74.3 Å². The Morgan fingerprint density at radius 3 is 0.507 bits per heavy atom. The number of halogens is 6. The molecule has 18 rings (SSSR count). The summed E-state index contributed by atoms with van der Waals surface area (Å²) in [5.41, 5.74) is 35.7. The molecular weight excluding hydrogens is 1750 g/mol. The number of hydrogen-bond acceptors (Lipinski definition) is 12. The van der Waals surface area contributed by atoms with E-state index in [-0.39, 0.29) is 34.9 Å². The van der Waals surface area contributed by atoms with Crippen LogP contribution in [0.3, 0.4) is 0 Å². The molecule has 6 N–H and O–H groups in total. The normalized spacial score (nSPS) is 19.5. The van der Waals surface area contributed by atoms with Crippen LogP contribution < -0.4 is 17.2 Å². The zero-order valence-electron chi connectivity index (χ0n) is 78.7. The molecule has 2 unspecified atom stereocenters. The predicted molar refractivity (Wildman–Crippen MR) is 526 cm³/mol. The minimum absolute atomic E-state index is 0.247. The number of rotatable bonds is 27. The van der Waals surface area contributed by atoms with Crippen LogP contribution >= 0.6 is 0 Å². The van der Waals surface area contributed by atoms with Crippen LogP contribution in [0.5, 0.6) is 0 Å². The molecule has 0 saturated carbocycles. The van der Waals surface area contributed by atoms with Crippen molar-refractivity contribution in [2.24, 2.45) is 17.2 Å². The van der Waals surface area contributed by atoms with Gasteiger partial charge >= 0.3 is 0 Å². The van der Waals surface area contributed by atoms with Crippen molar-refractivity contribution in [3.8, 4) is 0 Å². The Balaban J connectivity index is 0.000000140. The first-order valence-corrected chi connectivity index (χ1v) is 46.2. The van der Waals surface area contributed by atoms with Crippen molar-refractivity contribution in [2.45, 2.75) is 150 Å². The summed E-state index contributed by atoms with van der Waals surface area (Å²) in [6.07, 6.45) is 9.99. The molecule has 6 atom stereocenters. The summed E-state index contributed by atoms with van der Waals surface area (Å²) >= 11 is 0. The van der Waals surface area contributed by atoms with E-state index in [2.05, 4.69) is 86.1 Å². The zero-order valence-corrected chi connectivity index (χ0v) is 78.7. The van der Waals surface area contributed by atoms with Gasteiger partial charge in [0.05, 0.1) is 79.1 Å². The fourth-order valence-corrected chi connectivity index (χ4v) is 19.5. The van der Waals surface area contributed by atoms with Gasteiger partial charge in [0, 0.05) is 0 Å². The molecule has 0 aromatic heterocycles. The number of nitrogens with zero attached hydrogens (tertiary/aromatic N) is 9. The third-order valence-corrected chi connectivity index (χ3v) is 26.2. The summed E-state index contributed by atoms with van der Waals surface area (Å²) in [6.45, 7) is 50.4. The SMILES string of the molecule is [C-]#[N+]c1ccc2c(c1)COC2(CCCN(C)C)c1ccc(F)cc1.[C-]#[N+]c1ccc2c(c1)COC2(CCCN)c1ccc(F)cc1.[C-]#[N+]c1ccc2c(c1)CO[C@@]2(CCCN(C)C)c1ccc(F)cc1.[C-]#[N+]c1ccc2c(c1)CO[C@@]2(CCCN)c1ccc(F)cc1.[C-]#[N+]c1ccc2c(c1)CO[C@]2(CCCN(C)C)c1ccc(F)cc1.[C-]#[N+]c1ccc2c(c1)CO[C@]2(CCCN)c1ccc(F)cc1. The molecule has 6 aliphatic heterocycles. The second-order valence-electron chi connectivity index (χ2n) is 35.9.